The number of aromatic hydroxyl groups is 1. The lowest BCUT2D eigenvalue weighted by Crippen LogP contribution is -1.98. The number of aryl methyl sites for hydroxylation is 1. The van der Waals surface area contributed by atoms with E-state index in [4.69, 9.17) is 0 Å². The molecule has 0 aliphatic heterocycles. The second kappa shape index (κ2) is 4.09. The molecule has 1 aliphatic carbocycles. The monoisotopic (exact) mass is 222 g/mol. The Morgan fingerprint density at radius 3 is 2.73 bits per heavy atom. The number of phenolic OH excluding ortho intramolecular Hbond substituents is 1. The van der Waals surface area contributed by atoms with Gasteiger partial charge in [0.1, 0.15) is 5.75 Å². The number of thioether (sulfide) groups is 1. The highest BCUT2D eigenvalue weighted by molar-refractivity contribution is 7.98. The molecule has 0 aromatic heterocycles. The Morgan fingerprint density at radius 1 is 1.40 bits per heavy atom. The fraction of sp³-hybridized carbons (Fsp3) is 0.538. The maximum atomic E-state index is 9.68. The quantitative estimate of drug-likeness (QED) is 0.819. The van der Waals surface area contributed by atoms with Crippen molar-refractivity contribution in [3.63, 3.8) is 0 Å². The molecule has 0 amide bonds. The van der Waals surface area contributed by atoms with Crippen LogP contribution >= 0.6 is 11.8 Å². The molecule has 1 aromatic carbocycles. The first-order valence-corrected chi connectivity index (χ1v) is 6.80. The Kier molecular flexibility index (Phi) is 2.96. The normalized spacial score (nSPS) is 19.6. The highest BCUT2D eigenvalue weighted by Gasteiger charge is 2.26. The number of benzene rings is 1. The minimum absolute atomic E-state index is 0.430. The van der Waals surface area contributed by atoms with E-state index in [0.29, 0.717) is 16.9 Å². The van der Waals surface area contributed by atoms with Crippen LogP contribution in [0.2, 0.25) is 0 Å². The van der Waals surface area contributed by atoms with Crippen molar-refractivity contribution in [1.82, 2.24) is 0 Å². The Balaban J connectivity index is 2.55. The summed E-state index contributed by atoms with van der Waals surface area (Å²) in [5, 5.41) is 10.3. The van der Waals surface area contributed by atoms with Crippen LogP contribution in [0.1, 0.15) is 48.1 Å². The average molecular weight is 222 g/mol. The Bertz CT molecular complexity index is 371. The van der Waals surface area contributed by atoms with E-state index in [-0.39, 0.29) is 0 Å². The van der Waals surface area contributed by atoms with Gasteiger partial charge in [-0.2, -0.15) is 11.8 Å². The molecule has 82 valence electrons. The maximum Gasteiger partial charge on any atom is 0.116 e. The van der Waals surface area contributed by atoms with E-state index < -0.39 is 0 Å². The Morgan fingerprint density at radius 2 is 2.13 bits per heavy atom. The average Bonchev–Trinajstić information content (AvgIpc) is 2.58. The van der Waals surface area contributed by atoms with Crippen molar-refractivity contribution in [1.29, 1.82) is 0 Å². The van der Waals surface area contributed by atoms with E-state index >= 15 is 0 Å². The molecule has 0 saturated carbocycles. The predicted molar refractivity (Wildman–Crippen MR) is 66.8 cm³/mol. The number of hydrogen-bond acceptors (Lipinski definition) is 2. The Labute approximate surface area is 95.9 Å². The smallest absolute Gasteiger partial charge is 0.116 e. The second-order valence-electron chi connectivity index (χ2n) is 4.53. The first kappa shape index (κ1) is 10.9. The summed E-state index contributed by atoms with van der Waals surface area (Å²) in [5.41, 5.74) is 4.19. The SMILES string of the molecule is CSC1CCc2cc(O)cc(C(C)C)c21. The summed E-state index contributed by atoms with van der Waals surface area (Å²) >= 11 is 1.93. The fourth-order valence-corrected chi connectivity index (χ4v) is 3.34. The van der Waals surface area contributed by atoms with Crippen LogP contribution < -0.4 is 0 Å². The van der Waals surface area contributed by atoms with E-state index in [1.807, 2.05) is 23.9 Å². The van der Waals surface area contributed by atoms with Gasteiger partial charge >= 0.3 is 0 Å². The third-order valence-corrected chi connectivity index (χ3v) is 4.23. The van der Waals surface area contributed by atoms with Gasteiger partial charge in [0.25, 0.3) is 0 Å². The molecule has 1 nitrogen and oxygen atoms in total. The van der Waals surface area contributed by atoms with Crippen molar-refractivity contribution < 1.29 is 5.11 Å². The molecule has 1 unspecified atom stereocenters. The van der Waals surface area contributed by atoms with Crippen molar-refractivity contribution >= 4 is 11.8 Å². The number of rotatable bonds is 2. The summed E-state index contributed by atoms with van der Waals surface area (Å²) in [6, 6.07) is 3.88. The van der Waals surface area contributed by atoms with E-state index in [1.54, 1.807) is 0 Å². The first-order chi connectivity index (χ1) is 7.13. The number of hydrogen-bond donors (Lipinski definition) is 1. The van der Waals surface area contributed by atoms with Gasteiger partial charge in [0.2, 0.25) is 0 Å². The third-order valence-electron chi connectivity index (χ3n) is 3.19. The van der Waals surface area contributed by atoms with Crippen molar-refractivity contribution in [2.24, 2.45) is 0 Å². The molecule has 0 radical (unpaired) electrons. The van der Waals surface area contributed by atoms with Gasteiger partial charge in [-0.25, -0.2) is 0 Å². The molecule has 2 heteroatoms. The third kappa shape index (κ3) is 1.87. The van der Waals surface area contributed by atoms with Crippen molar-refractivity contribution in [2.75, 3.05) is 6.26 Å². The van der Waals surface area contributed by atoms with Crippen LogP contribution in [0.4, 0.5) is 0 Å². The zero-order chi connectivity index (χ0) is 11.0. The van der Waals surface area contributed by atoms with Crippen molar-refractivity contribution in [3.8, 4) is 5.75 Å². The highest BCUT2D eigenvalue weighted by Crippen LogP contribution is 2.45. The summed E-state index contributed by atoms with van der Waals surface area (Å²) in [6.07, 6.45) is 4.52. The molecule has 2 rings (SSSR count). The molecular formula is C13H18OS. The molecule has 15 heavy (non-hydrogen) atoms. The molecule has 0 spiro atoms. The summed E-state index contributed by atoms with van der Waals surface area (Å²) in [7, 11) is 0. The molecule has 0 bridgehead atoms. The minimum Gasteiger partial charge on any atom is -0.508 e. The van der Waals surface area contributed by atoms with Gasteiger partial charge in [-0.05, 0) is 53.8 Å². The maximum absolute atomic E-state index is 9.68. The van der Waals surface area contributed by atoms with Gasteiger partial charge in [0.15, 0.2) is 0 Å². The standard InChI is InChI=1S/C13H18OS/c1-8(2)11-7-10(14)6-9-4-5-12(15-3)13(9)11/h6-8,12,14H,4-5H2,1-3H3. The minimum atomic E-state index is 0.430. The summed E-state index contributed by atoms with van der Waals surface area (Å²) in [5.74, 6) is 0.929. The first-order valence-electron chi connectivity index (χ1n) is 5.52. The van der Waals surface area contributed by atoms with E-state index in [2.05, 4.69) is 20.1 Å². The van der Waals surface area contributed by atoms with Crippen LogP contribution in [0.15, 0.2) is 12.1 Å². The van der Waals surface area contributed by atoms with E-state index in [1.165, 1.54) is 23.1 Å². The molecule has 1 atom stereocenters. The molecule has 0 fully saturated rings. The highest BCUT2D eigenvalue weighted by atomic mass is 32.2. The van der Waals surface area contributed by atoms with Crippen LogP contribution in [0, 0.1) is 0 Å². The van der Waals surface area contributed by atoms with Gasteiger partial charge in [-0.1, -0.05) is 13.8 Å². The predicted octanol–water partition coefficient (Wildman–Crippen LogP) is 3.87. The van der Waals surface area contributed by atoms with Crippen LogP contribution in [0.25, 0.3) is 0 Å². The van der Waals surface area contributed by atoms with Crippen molar-refractivity contribution in [3.05, 3.63) is 28.8 Å². The van der Waals surface area contributed by atoms with E-state index in [0.717, 1.165) is 6.42 Å². The van der Waals surface area contributed by atoms with Gasteiger partial charge < -0.3 is 5.11 Å². The second-order valence-corrected chi connectivity index (χ2v) is 5.57. The van der Waals surface area contributed by atoms with Crippen LogP contribution in [0.3, 0.4) is 0 Å². The van der Waals surface area contributed by atoms with Crippen LogP contribution in [-0.2, 0) is 6.42 Å². The summed E-state index contributed by atoms with van der Waals surface area (Å²) < 4.78 is 0. The summed E-state index contributed by atoms with van der Waals surface area (Å²) in [6.45, 7) is 4.40. The van der Waals surface area contributed by atoms with Crippen LogP contribution in [0.5, 0.6) is 5.75 Å². The number of phenols is 1. The fourth-order valence-electron chi connectivity index (χ4n) is 2.46. The zero-order valence-corrected chi connectivity index (χ0v) is 10.4. The molecule has 1 N–H and O–H groups in total. The van der Waals surface area contributed by atoms with Gasteiger partial charge in [-0.15, -0.1) is 0 Å². The topological polar surface area (TPSA) is 20.2 Å². The molecule has 1 aromatic rings. The lowest BCUT2D eigenvalue weighted by atomic mass is 9.94. The molecular weight excluding hydrogens is 204 g/mol. The van der Waals surface area contributed by atoms with Crippen molar-refractivity contribution in [2.45, 2.75) is 37.9 Å². The Hall–Kier alpha value is -0.630. The molecule has 0 heterocycles. The van der Waals surface area contributed by atoms with Gasteiger partial charge in [0.05, 0.1) is 0 Å². The lowest BCUT2D eigenvalue weighted by molar-refractivity contribution is 0.473. The molecule has 1 aliphatic rings. The van der Waals surface area contributed by atoms with Gasteiger partial charge in [-0.3, -0.25) is 0 Å². The number of fused-ring (bicyclic) bond motifs is 1. The van der Waals surface area contributed by atoms with Crippen LogP contribution in [-0.4, -0.2) is 11.4 Å². The van der Waals surface area contributed by atoms with E-state index in [9.17, 15) is 5.11 Å². The summed E-state index contributed by atoms with van der Waals surface area (Å²) in [4.78, 5) is 0. The lowest BCUT2D eigenvalue weighted by Gasteiger charge is -2.17. The molecule has 0 saturated heterocycles. The van der Waals surface area contributed by atoms with Gasteiger partial charge in [0, 0.05) is 5.25 Å². The zero-order valence-electron chi connectivity index (χ0n) is 9.58. The largest absolute Gasteiger partial charge is 0.508 e.